The molecule has 338 valence electrons. The highest BCUT2D eigenvalue weighted by Crippen LogP contribution is 2.23. The van der Waals surface area contributed by atoms with Crippen LogP contribution in [0.2, 0.25) is 0 Å². The first-order valence-corrected chi connectivity index (χ1v) is 23.9. The lowest BCUT2D eigenvalue weighted by Crippen LogP contribution is -2.60. The van der Waals surface area contributed by atoms with E-state index < -0.39 is 61.5 Å². The molecule has 0 aromatic rings. The van der Waals surface area contributed by atoms with E-state index in [2.05, 4.69) is 26.1 Å². The van der Waals surface area contributed by atoms with Crippen molar-refractivity contribution in [1.29, 1.82) is 0 Å². The fraction of sp³-hybridized carbons (Fsp3) is 0.936. The zero-order valence-electron chi connectivity index (χ0n) is 36.9. The minimum atomic E-state index is -1.61. The molecule has 0 bridgehead atoms. The minimum Gasteiger partial charge on any atom is -0.394 e. The molecule has 0 aromatic heterocycles. The molecule has 7 N–H and O–H groups in total. The molecular formula is C47H91NO9. The van der Waals surface area contributed by atoms with Crippen molar-refractivity contribution in [2.24, 2.45) is 5.92 Å². The second-order valence-electron chi connectivity index (χ2n) is 17.5. The summed E-state index contributed by atoms with van der Waals surface area (Å²) >= 11 is 0. The number of aliphatic hydroxyl groups is 6. The second-order valence-corrected chi connectivity index (χ2v) is 17.5. The average molecular weight is 814 g/mol. The van der Waals surface area contributed by atoms with Gasteiger partial charge in [-0.15, -0.1) is 0 Å². The molecule has 1 aliphatic heterocycles. The maximum atomic E-state index is 13.0. The molecule has 1 saturated heterocycles. The first kappa shape index (κ1) is 53.9. The summed E-state index contributed by atoms with van der Waals surface area (Å²) in [5.74, 6) is 0.151. The highest BCUT2D eigenvalue weighted by Gasteiger charge is 2.44. The lowest BCUT2D eigenvalue weighted by atomic mass is 9.99. The molecule has 1 unspecified atom stereocenters. The van der Waals surface area contributed by atoms with Crippen LogP contribution in [0, 0.1) is 5.92 Å². The highest BCUT2D eigenvalue weighted by molar-refractivity contribution is 5.80. The largest absolute Gasteiger partial charge is 0.394 e. The van der Waals surface area contributed by atoms with Crippen LogP contribution in [0.15, 0.2) is 12.2 Å². The van der Waals surface area contributed by atoms with Crippen LogP contribution in [-0.4, -0.2) is 98.7 Å². The van der Waals surface area contributed by atoms with Crippen LogP contribution in [0.1, 0.15) is 213 Å². The normalized spacial score (nSPS) is 21.7. The van der Waals surface area contributed by atoms with Crippen LogP contribution in [0.3, 0.4) is 0 Å². The molecule has 0 aromatic carbocycles. The van der Waals surface area contributed by atoms with E-state index >= 15 is 0 Å². The molecule has 0 saturated carbocycles. The van der Waals surface area contributed by atoms with Crippen molar-refractivity contribution in [3.05, 3.63) is 12.2 Å². The molecule has 10 heteroatoms. The SMILES string of the molecule is CCCCCCCCCCCCCCCCCCCCCCC(O)C(=O)N[C@@H](CO[C@@H]1O[C@H](CO)[C@@H](O)[C@H](O)[C@H]1O)[C@H](O)/C=C/CCCCCCCCCC(C)C. The predicted octanol–water partition coefficient (Wildman–Crippen LogP) is 8.94. The molecule has 0 spiro atoms. The van der Waals surface area contributed by atoms with Crippen LogP contribution in [0.4, 0.5) is 0 Å². The number of carbonyl (C=O) groups excluding carboxylic acids is 1. The van der Waals surface area contributed by atoms with Crippen molar-refractivity contribution in [1.82, 2.24) is 5.32 Å². The number of hydrogen-bond acceptors (Lipinski definition) is 9. The zero-order chi connectivity index (χ0) is 41.9. The van der Waals surface area contributed by atoms with Gasteiger partial charge in [0.2, 0.25) is 5.91 Å². The monoisotopic (exact) mass is 814 g/mol. The van der Waals surface area contributed by atoms with Gasteiger partial charge in [-0.1, -0.05) is 206 Å². The quantitative estimate of drug-likeness (QED) is 0.0237. The number of aliphatic hydroxyl groups excluding tert-OH is 6. The van der Waals surface area contributed by atoms with Gasteiger partial charge in [0.05, 0.1) is 25.4 Å². The van der Waals surface area contributed by atoms with E-state index in [4.69, 9.17) is 9.47 Å². The van der Waals surface area contributed by atoms with Crippen molar-refractivity contribution in [2.75, 3.05) is 13.2 Å². The van der Waals surface area contributed by atoms with E-state index in [-0.39, 0.29) is 6.61 Å². The summed E-state index contributed by atoms with van der Waals surface area (Å²) in [4.78, 5) is 13.0. The minimum absolute atomic E-state index is 0.303. The van der Waals surface area contributed by atoms with Gasteiger partial charge in [0.25, 0.3) is 0 Å². The standard InChI is InChI=1S/C47H91NO9/c1-4-5-6-7-8-9-10-11-12-13-14-15-16-17-18-19-22-26-29-32-35-41(51)46(55)48-39(37-56-47-45(54)44(53)43(52)42(36-49)57-47)40(50)34-31-28-25-23-20-21-24-27-30-33-38(2)3/h31,34,38-45,47,49-54H,4-30,32-33,35-37H2,1-3H3,(H,48,55)/b34-31+/t39-,40+,41?,42+,43+,44-,45+,47+/m0/s1. The van der Waals surface area contributed by atoms with Crippen LogP contribution in [-0.2, 0) is 14.3 Å². The van der Waals surface area contributed by atoms with Gasteiger partial charge in [-0.3, -0.25) is 4.79 Å². The summed E-state index contributed by atoms with van der Waals surface area (Å²) in [6.07, 6.45) is 30.3. The topological polar surface area (TPSA) is 169 Å². The molecule has 8 atom stereocenters. The second kappa shape index (κ2) is 36.7. The maximum absolute atomic E-state index is 13.0. The van der Waals surface area contributed by atoms with Gasteiger partial charge in [-0.2, -0.15) is 0 Å². The van der Waals surface area contributed by atoms with E-state index in [0.29, 0.717) is 6.42 Å². The van der Waals surface area contributed by atoms with Crippen LogP contribution in [0.5, 0.6) is 0 Å². The molecule has 1 rings (SSSR count). The molecule has 1 heterocycles. The van der Waals surface area contributed by atoms with Gasteiger partial charge in [-0.05, 0) is 25.2 Å². The Kier molecular flexibility index (Phi) is 34.7. The summed E-state index contributed by atoms with van der Waals surface area (Å²) in [6.45, 7) is 5.90. The Labute approximate surface area is 349 Å². The third-order valence-corrected chi connectivity index (χ3v) is 11.6. The van der Waals surface area contributed by atoms with Crippen molar-refractivity contribution in [3.63, 3.8) is 0 Å². The molecule has 0 radical (unpaired) electrons. The summed E-state index contributed by atoms with van der Waals surface area (Å²) in [5.41, 5.74) is 0. The maximum Gasteiger partial charge on any atom is 0.249 e. The molecule has 1 amide bonds. The number of nitrogens with one attached hydrogen (secondary N) is 1. The molecule has 1 fully saturated rings. The third kappa shape index (κ3) is 28.1. The van der Waals surface area contributed by atoms with E-state index in [9.17, 15) is 35.4 Å². The van der Waals surface area contributed by atoms with Gasteiger partial charge in [0.1, 0.15) is 30.5 Å². The number of ether oxygens (including phenoxy) is 2. The Hall–Kier alpha value is -1.11. The van der Waals surface area contributed by atoms with Gasteiger partial charge in [-0.25, -0.2) is 0 Å². The highest BCUT2D eigenvalue weighted by atomic mass is 16.7. The van der Waals surface area contributed by atoms with E-state index in [1.54, 1.807) is 6.08 Å². The average Bonchev–Trinajstić information content (AvgIpc) is 3.20. The van der Waals surface area contributed by atoms with Gasteiger partial charge in [0.15, 0.2) is 6.29 Å². The van der Waals surface area contributed by atoms with Crippen molar-refractivity contribution < 1.29 is 44.9 Å². The lowest BCUT2D eigenvalue weighted by molar-refractivity contribution is -0.302. The molecule has 10 nitrogen and oxygen atoms in total. The number of unbranched alkanes of at least 4 members (excludes halogenated alkanes) is 26. The smallest absolute Gasteiger partial charge is 0.249 e. The van der Waals surface area contributed by atoms with Gasteiger partial charge >= 0.3 is 0 Å². The van der Waals surface area contributed by atoms with Crippen LogP contribution in [0.25, 0.3) is 0 Å². The Morgan fingerprint density at radius 2 is 1.07 bits per heavy atom. The van der Waals surface area contributed by atoms with Crippen LogP contribution < -0.4 is 5.32 Å². The zero-order valence-corrected chi connectivity index (χ0v) is 36.9. The molecule has 57 heavy (non-hydrogen) atoms. The lowest BCUT2D eigenvalue weighted by Gasteiger charge is -2.40. The predicted molar refractivity (Wildman–Crippen MR) is 232 cm³/mol. The number of carbonyl (C=O) groups is 1. The van der Waals surface area contributed by atoms with Crippen molar-refractivity contribution in [2.45, 2.75) is 262 Å². The Morgan fingerprint density at radius 3 is 1.53 bits per heavy atom. The number of hydrogen-bond donors (Lipinski definition) is 7. The number of amides is 1. The third-order valence-electron chi connectivity index (χ3n) is 11.6. The number of rotatable bonds is 39. The first-order chi connectivity index (χ1) is 27.6. The summed E-state index contributed by atoms with van der Waals surface area (Å²) in [6, 6.07) is -0.975. The van der Waals surface area contributed by atoms with E-state index in [0.717, 1.165) is 50.9 Å². The summed E-state index contributed by atoms with van der Waals surface area (Å²) in [7, 11) is 0. The fourth-order valence-corrected chi connectivity index (χ4v) is 7.70. The molecular weight excluding hydrogens is 723 g/mol. The van der Waals surface area contributed by atoms with Crippen molar-refractivity contribution in [3.8, 4) is 0 Å². The Bertz CT molecular complexity index is 935. The van der Waals surface area contributed by atoms with Gasteiger partial charge < -0.3 is 45.4 Å². The first-order valence-electron chi connectivity index (χ1n) is 23.9. The summed E-state index contributed by atoms with van der Waals surface area (Å²) in [5, 5.41) is 64.6. The Balaban J connectivity index is 2.34. The number of allylic oxidation sites excluding steroid dienone is 1. The fourth-order valence-electron chi connectivity index (χ4n) is 7.70. The van der Waals surface area contributed by atoms with Crippen LogP contribution >= 0.6 is 0 Å². The molecule has 1 aliphatic rings. The summed E-state index contributed by atoms with van der Waals surface area (Å²) < 4.78 is 11.1. The van der Waals surface area contributed by atoms with E-state index in [1.807, 2.05) is 6.08 Å². The van der Waals surface area contributed by atoms with Gasteiger partial charge in [0, 0.05) is 0 Å². The van der Waals surface area contributed by atoms with E-state index in [1.165, 1.54) is 141 Å². The molecule has 0 aliphatic carbocycles. The van der Waals surface area contributed by atoms with Crippen molar-refractivity contribution >= 4 is 5.91 Å². The Morgan fingerprint density at radius 1 is 0.632 bits per heavy atom.